The van der Waals surface area contributed by atoms with Crippen molar-refractivity contribution in [2.75, 3.05) is 32.8 Å². The van der Waals surface area contributed by atoms with E-state index in [1.165, 1.54) is 10.4 Å². The number of hydrogen-bond acceptors (Lipinski definition) is 5. The number of piperidine rings is 1. The monoisotopic (exact) mass is 350 g/mol. The van der Waals surface area contributed by atoms with Gasteiger partial charge in [-0.2, -0.15) is 0 Å². The van der Waals surface area contributed by atoms with Crippen molar-refractivity contribution < 1.29 is 14.3 Å². The third kappa shape index (κ3) is 4.16. The van der Waals surface area contributed by atoms with Crippen molar-refractivity contribution >= 4 is 23.2 Å². The Morgan fingerprint density at radius 3 is 2.83 bits per heavy atom. The van der Waals surface area contributed by atoms with Gasteiger partial charge in [-0.15, -0.1) is 11.3 Å². The first-order valence-electron chi connectivity index (χ1n) is 8.89. The van der Waals surface area contributed by atoms with E-state index in [1.807, 2.05) is 11.8 Å². The van der Waals surface area contributed by atoms with E-state index in [4.69, 9.17) is 4.74 Å². The average molecular weight is 350 g/mol. The summed E-state index contributed by atoms with van der Waals surface area (Å²) in [5, 5.41) is 2.12. The van der Waals surface area contributed by atoms with E-state index in [-0.39, 0.29) is 17.8 Å². The van der Waals surface area contributed by atoms with Gasteiger partial charge in [0.05, 0.1) is 12.5 Å². The molecular weight excluding hydrogens is 324 g/mol. The molecule has 1 fully saturated rings. The Morgan fingerprint density at radius 2 is 2.08 bits per heavy atom. The number of likely N-dealkylation sites (tertiary alicyclic amines) is 1. The maximum Gasteiger partial charge on any atom is 0.309 e. The number of carbonyl (C=O) groups excluding carboxylic acids is 2. The molecule has 0 aromatic carbocycles. The maximum atomic E-state index is 12.5. The Hall–Kier alpha value is -1.40. The van der Waals surface area contributed by atoms with Gasteiger partial charge in [0.2, 0.25) is 5.91 Å². The van der Waals surface area contributed by atoms with Gasteiger partial charge in [-0.3, -0.25) is 9.59 Å². The van der Waals surface area contributed by atoms with E-state index in [2.05, 4.69) is 16.3 Å². The fraction of sp³-hybridized carbons (Fsp3) is 0.667. The lowest BCUT2D eigenvalue weighted by molar-refractivity contribution is -0.149. The second-order valence-corrected chi connectivity index (χ2v) is 7.55. The molecule has 5 nitrogen and oxygen atoms in total. The summed E-state index contributed by atoms with van der Waals surface area (Å²) in [6, 6.07) is 2.14. The minimum Gasteiger partial charge on any atom is -0.466 e. The molecule has 24 heavy (non-hydrogen) atoms. The zero-order valence-electron chi connectivity index (χ0n) is 14.3. The van der Waals surface area contributed by atoms with E-state index in [0.717, 1.165) is 52.0 Å². The molecule has 1 aromatic heterocycles. The van der Waals surface area contributed by atoms with Gasteiger partial charge in [0.1, 0.15) is 0 Å². The van der Waals surface area contributed by atoms with Crippen LogP contribution in [0, 0.1) is 5.92 Å². The lowest BCUT2D eigenvalue weighted by Gasteiger charge is -2.32. The van der Waals surface area contributed by atoms with Crippen molar-refractivity contribution in [2.45, 2.75) is 39.2 Å². The molecule has 3 heterocycles. The zero-order valence-corrected chi connectivity index (χ0v) is 15.1. The molecule has 0 saturated carbocycles. The number of esters is 1. The number of hydrogen-bond donors (Lipinski definition) is 0. The minimum absolute atomic E-state index is 0.0380. The van der Waals surface area contributed by atoms with Crippen LogP contribution in [-0.2, 0) is 27.3 Å². The van der Waals surface area contributed by atoms with Crippen LogP contribution < -0.4 is 0 Å². The van der Waals surface area contributed by atoms with Gasteiger partial charge in [0.15, 0.2) is 0 Å². The summed E-state index contributed by atoms with van der Waals surface area (Å²) < 4.78 is 5.10. The first-order valence-corrected chi connectivity index (χ1v) is 9.77. The van der Waals surface area contributed by atoms with Crippen molar-refractivity contribution in [3.63, 3.8) is 0 Å². The number of nitrogens with zero attached hydrogens (tertiary/aromatic N) is 2. The first kappa shape index (κ1) is 17.4. The Morgan fingerprint density at radius 1 is 1.29 bits per heavy atom. The van der Waals surface area contributed by atoms with Crippen molar-refractivity contribution in [1.29, 1.82) is 0 Å². The predicted octanol–water partition coefficient (Wildman–Crippen LogP) is 2.30. The van der Waals surface area contributed by atoms with E-state index in [1.54, 1.807) is 11.3 Å². The number of fused-ring (bicyclic) bond motifs is 1. The summed E-state index contributed by atoms with van der Waals surface area (Å²) >= 11 is 1.80. The fourth-order valence-corrected chi connectivity index (χ4v) is 4.42. The van der Waals surface area contributed by atoms with E-state index in [9.17, 15) is 9.59 Å². The first-order chi connectivity index (χ1) is 11.7. The molecule has 0 aliphatic carbocycles. The summed E-state index contributed by atoms with van der Waals surface area (Å²) in [6.45, 7) is 6.46. The van der Waals surface area contributed by atoms with Gasteiger partial charge in [0, 0.05) is 30.9 Å². The minimum atomic E-state index is -0.0619. The summed E-state index contributed by atoms with van der Waals surface area (Å²) in [5.74, 6) is 0.225. The standard InChI is InChI=1S/C18H26N2O3S/c1-2-23-18(22)14-3-8-19(9-4-14)10-6-17(21)20-11-5-16-15(13-20)7-12-24-16/h7,12,14H,2-6,8-11,13H2,1H3. The number of carbonyl (C=O) groups is 2. The highest BCUT2D eigenvalue weighted by atomic mass is 32.1. The van der Waals surface area contributed by atoms with Crippen LogP contribution in [0.5, 0.6) is 0 Å². The van der Waals surface area contributed by atoms with Crippen molar-refractivity contribution in [3.05, 3.63) is 21.9 Å². The molecule has 0 bridgehead atoms. The SMILES string of the molecule is CCOC(=O)C1CCN(CCC(=O)N2CCc3sccc3C2)CC1. The second-order valence-electron chi connectivity index (χ2n) is 6.55. The third-order valence-corrected chi connectivity index (χ3v) is 6.03. The molecule has 0 radical (unpaired) electrons. The quantitative estimate of drug-likeness (QED) is 0.765. The number of rotatable bonds is 5. The summed E-state index contributed by atoms with van der Waals surface area (Å²) in [6.07, 6.45) is 3.25. The number of thiophene rings is 1. The molecule has 1 amide bonds. The third-order valence-electron chi connectivity index (χ3n) is 5.01. The molecule has 1 saturated heterocycles. The Bertz CT molecular complexity index is 579. The highest BCUT2D eigenvalue weighted by Crippen LogP contribution is 2.24. The smallest absolute Gasteiger partial charge is 0.309 e. The van der Waals surface area contributed by atoms with Gasteiger partial charge < -0.3 is 14.5 Å². The molecule has 2 aliphatic heterocycles. The second kappa shape index (κ2) is 8.12. The van der Waals surface area contributed by atoms with Gasteiger partial charge in [-0.1, -0.05) is 0 Å². The van der Waals surface area contributed by atoms with Crippen molar-refractivity contribution in [1.82, 2.24) is 9.80 Å². The average Bonchev–Trinajstić information content (AvgIpc) is 3.08. The van der Waals surface area contributed by atoms with Gasteiger partial charge >= 0.3 is 5.97 Å². The molecule has 132 valence electrons. The normalized spacial score (nSPS) is 19.1. The van der Waals surface area contributed by atoms with Crippen LogP contribution in [0.2, 0.25) is 0 Å². The molecule has 2 aliphatic rings. The molecule has 0 spiro atoms. The largest absolute Gasteiger partial charge is 0.466 e. The Balaban J connectivity index is 1.39. The molecule has 0 N–H and O–H groups in total. The lowest BCUT2D eigenvalue weighted by atomic mass is 9.97. The molecule has 6 heteroatoms. The number of ether oxygens (including phenoxy) is 1. The zero-order chi connectivity index (χ0) is 16.9. The van der Waals surface area contributed by atoms with E-state index in [0.29, 0.717) is 13.0 Å². The van der Waals surface area contributed by atoms with Crippen LogP contribution in [0.3, 0.4) is 0 Å². The number of amides is 1. The lowest BCUT2D eigenvalue weighted by Crippen LogP contribution is -2.40. The topological polar surface area (TPSA) is 49.9 Å². The van der Waals surface area contributed by atoms with Gasteiger partial charge in [0.25, 0.3) is 0 Å². The van der Waals surface area contributed by atoms with Crippen molar-refractivity contribution in [2.24, 2.45) is 5.92 Å². The summed E-state index contributed by atoms with van der Waals surface area (Å²) in [7, 11) is 0. The molecule has 0 atom stereocenters. The fourth-order valence-electron chi connectivity index (χ4n) is 3.53. The molecule has 3 rings (SSSR count). The van der Waals surface area contributed by atoms with Crippen molar-refractivity contribution in [3.8, 4) is 0 Å². The molecular formula is C18H26N2O3S. The van der Waals surface area contributed by atoms with Gasteiger partial charge in [-0.25, -0.2) is 0 Å². The predicted molar refractivity (Wildman–Crippen MR) is 93.9 cm³/mol. The van der Waals surface area contributed by atoms with Gasteiger partial charge in [-0.05, 0) is 56.3 Å². The van der Waals surface area contributed by atoms with Crippen LogP contribution in [-0.4, -0.2) is 54.5 Å². The summed E-state index contributed by atoms with van der Waals surface area (Å²) in [4.78, 5) is 29.9. The van der Waals surface area contributed by atoms with Crippen LogP contribution in [0.4, 0.5) is 0 Å². The molecule has 1 aromatic rings. The van der Waals surface area contributed by atoms with Crippen LogP contribution >= 0.6 is 11.3 Å². The van der Waals surface area contributed by atoms with Crippen LogP contribution in [0.1, 0.15) is 36.6 Å². The van der Waals surface area contributed by atoms with E-state index >= 15 is 0 Å². The Labute approximate surface area is 147 Å². The van der Waals surface area contributed by atoms with Crippen LogP contribution in [0.15, 0.2) is 11.4 Å². The highest BCUT2D eigenvalue weighted by molar-refractivity contribution is 7.10. The summed E-state index contributed by atoms with van der Waals surface area (Å²) in [5.41, 5.74) is 1.31. The molecule has 0 unspecified atom stereocenters. The highest BCUT2D eigenvalue weighted by Gasteiger charge is 2.27. The Kier molecular flexibility index (Phi) is 5.89. The van der Waals surface area contributed by atoms with Crippen LogP contribution in [0.25, 0.3) is 0 Å². The maximum absolute atomic E-state index is 12.5. The van der Waals surface area contributed by atoms with E-state index < -0.39 is 0 Å².